The Balaban J connectivity index is 1.42. The molecule has 0 aliphatic carbocycles. The van der Waals surface area contributed by atoms with Crippen LogP contribution >= 0.6 is 0 Å². The van der Waals surface area contributed by atoms with E-state index in [2.05, 4.69) is 182 Å². The van der Waals surface area contributed by atoms with E-state index >= 15 is 0 Å². The number of benzene rings is 6. The molecule has 6 aromatic carbocycles. The van der Waals surface area contributed by atoms with Crippen molar-refractivity contribution in [2.75, 3.05) is 0 Å². The van der Waals surface area contributed by atoms with E-state index in [1.54, 1.807) is 0 Å². The summed E-state index contributed by atoms with van der Waals surface area (Å²) in [7, 11) is 2.16. The summed E-state index contributed by atoms with van der Waals surface area (Å²) in [5.41, 5.74) is 14.3. The van der Waals surface area contributed by atoms with Crippen molar-refractivity contribution >= 4 is 49.1 Å². The molecule has 0 aliphatic rings. The van der Waals surface area contributed by atoms with Crippen molar-refractivity contribution in [2.24, 2.45) is 7.05 Å². The molecule has 60 heavy (non-hydrogen) atoms. The van der Waals surface area contributed by atoms with Crippen molar-refractivity contribution < 1.29 is 4.57 Å². The van der Waals surface area contributed by atoms with Gasteiger partial charge in [-0.1, -0.05) is 118 Å². The van der Waals surface area contributed by atoms with Gasteiger partial charge in [0, 0.05) is 32.7 Å². The standard InChI is InChI=1S/C55H56N3O2/c1-31(2)38-18-15-19-39(32(3)4)49(38)58-48-28-34(20-25-45(48)56(12)53(58)40-17-14-13-16-33(40)5)35-26-43-50-44(27-35)52(60)42-24-22-37(55(9,10)11)30-47(42)57(50)46-29-36(54(6,7)8)21-23-41(46)51(43)59/h13-32H,1-12H3/q+1. The van der Waals surface area contributed by atoms with Crippen LogP contribution in [0.2, 0.25) is 0 Å². The van der Waals surface area contributed by atoms with Crippen molar-refractivity contribution in [2.45, 2.75) is 98.8 Å². The largest absolute Gasteiger partial charge is 0.307 e. The molecule has 302 valence electrons. The van der Waals surface area contributed by atoms with Gasteiger partial charge in [-0.15, -0.1) is 0 Å². The molecule has 3 aromatic heterocycles. The van der Waals surface area contributed by atoms with Gasteiger partial charge in [0.2, 0.25) is 0 Å². The van der Waals surface area contributed by atoms with E-state index in [0.717, 1.165) is 50.1 Å². The zero-order chi connectivity index (χ0) is 42.7. The summed E-state index contributed by atoms with van der Waals surface area (Å²) in [5, 5.41) is 2.39. The highest BCUT2D eigenvalue weighted by Crippen LogP contribution is 2.40. The molecule has 0 atom stereocenters. The van der Waals surface area contributed by atoms with Crippen LogP contribution in [0.4, 0.5) is 0 Å². The van der Waals surface area contributed by atoms with Gasteiger partial charge in [-0.25, -0.2) is 4.57 Å². The minimum absolute atomic E-state index is 0.0619. The number of hydrogen-bond acceptors (Lipinski definition) is 2. The molecule has 0 fully saturated rings. The number of hydrogen-bond donors (Lipinski definition) is 0. The number of aromatic nitrogens is 3. The van der Waals surface area contributed by atoms with Crippen molar-refractivity contribution in [1.29, 1.82) is 0 Å². The Morgan fingerprint density at radius 2 is 1.08 bits per heavy atom. The molecule has 0 bridgehead atoms. The molecule has 0 saturated heterocycles. The van der Waals surface area contributed by atoms with E-state index in [1.165, 1.54) is 27.9 Å². The summed E-state index contributed by atoms with van der Waals surface area (Å²) in [5.74, 6) is 1.68. The quantitative estimate of drug-likeness (QED) is 0.0990. The Bertz CT molecular complexity index is 3200. The molecule has 0 unspecified atom stereocenters. The molecule has 0 saturated carbocycles. The van der Waals surface area contributed by atoms with E-state index in [4.69, 9.17) is 0 Å². The van der Waals surface area contributed by atoms with Crippen molar-refractivity contribution in [1.82, 2.24) is 8.97 Å². The molecule has 5 nitrogen and oxygen atoms in total. The van der Waals surface area contributed by atoms with Gasteiger partial charge in [-0.05, 0) is 118 Å². The average molecular weight is 791 g/mol. The van der Waals surface area contributed by atoms with Crippen LogP contribution in [-0.4, -0.2) is 8.97 Å². The number of fused-ring (bicyclic) bond motifs is 5. The first-order valence-corrected chi connectivity index (χ1v) is 21.5. The van der Waals surface area contributed by atoms with Crippen LogP contribution in [0.3, 0.4) is 0 Å². The van der Waals surface area contributed by atoms with Gasteiger partial charge in [-0.2, -0.15) is 4.57 Å². The first-order valence-electron chi connectivity index (χ1n) is 21.5. The maximum Gasteiger partial charge on any atom is 0.295 e. The smallest absolute Gasteiger partial charge is 0.295 e. The third kappa shape index (κ3) is 5.99. The molecule has 3 heterocycles. The van der Waals surface area contributed by atoms with E-state index in [9.17, 15) is 9.59 Å². The van der Waals surface area contributed by atoms with Crippen molar-refractivity contribution in [3.8, 4) is 28.2 Å². The second-order valence-corrected chi connectivity index (χ2v) is 19.7. The third-order valence-corrected chi connectivity index (χ3v) is 12.9. The number of pyridine rings is 2. The molecular weight excluding hydrogens is 735 g/mol. The summed E-state index contributed by atoms with van der Waals surface area (Å²) in [6.07, 6.45) is 0. The third-order valence-electron chi connectivity index (χ3n) is 12.9. The average Bonchev–Trinajstić information content (AvgIpc) is 3.49. The highest BCUT2D eigenvalue weighted by molar-refractivity contribution is 6.10. The fourth-order valence-corrected chi connectivity index (χ4v) is 9.46. The molecule has 0 amide bonds. The Hall–Kier alpha value is -6.07. The summed E-state index contributed by atoms with van der Waals surface area (Å²) >= 11 is 0. The van der Waals surface area contributed by atoms with Gasteiger partial charge in [0.25, 0.3) is 5.82 Å². The molecule has 0 aliphatic heterocycles. The first-order chi connectivity index (χ1) is 28.4. The van der Waals surface area contributed by atoms with Gasteiger partial charge in [-0.3, -0.25) is 9.59 Å². The Morgan fingerprint density at radius 1 is 0.550 bits per heavy atom. The second kappa shape index (κ2) is 13.7. The second-order valence-electron chi connectivity index (χ2n) is 19.7. The molecule has 0 N–H and O–H groups in total. The minimum atomic E-state index is -0.135. The van der Waals surface area contributed by atoms with Gasteiger partial charge in [0.05, 0.1) is 29.2 Å². The molecular formula is C55H56N3O2+. The first kappa shape index (κ1) is 39.4. The number of aryl methyl sites for hydroxylation is 2. The fraction of sp³-hybridized carbons (Fsp3) is 0.291. The lowest BCUT2D eigenvalue weighted by Gasteiger charge is -2.23. The summed E-state index contributed by atoms with van der Waals surface area (Å²) in [4.78, 5) is 29.8. The number of para-hydroxylation sites is 1. The summed E-state index contributed by atoms with van der Waals surface area (Å²) < 4.78 is 6.99. The number of imidazole rings is 1. The van der Waals surface area contributed by atoms with Crippen LogP contribution in [-0.2, 0) is 17.9 Å². The lowest BCUT2D eigenvalue weighted by atomic mass is 9.85. The van der Waals surface area contributed by atoms with Crippen LogP contribution < -0.4 is 15.4 Å². The maximum absolute atomic E-state index is 14.9. The summed E-state index contributed by atoms with van der Waals surface area (Å²) in [6.45, 7) is 24.4. The lowest BCUT2D eigenvalue weighted by molar-refractivity contribution is -0.633. The fourth-order valence-electron chi connectivity index (χ4n) is 9.46. The molecule has 9 aromatic rings. The van der Waals surface area contributed by atoms with E-state index < -0.39 is 0 Å². The van der Waals surface area contributed by atoms with Crippen LogP contribution in [0.25, 0.3) is 77.3 Å². The van der Waals surface area contributed by atoms with Gasteiger partial charge >= 0.3 is 0 Å². The van der Waals surface area contributed by atoms with E-state index in [1.807, 2.05) is 24.3 Å². The van der Waals surface area contributed by atoms with E-state index in [0.29, 0.717) is 27.1 Å². The van der Waals surface area contributed by atoms with Gasteiger partial charge in [0.15, 0.2) is 21.9 Å². The minimum Gasteiger partial charge on any atom is -0.307 e. The normalized spacial score (nSPS) is 12.8. The SMILES string of the molecule is Cc1ccccc1-c1n(-c2c(C(C)C)cccc2C(C)C)c2cc(-c3cc4c(=O)c5ccc(C(C)(C)C)cc5n5c6cc(C(C)(C)C)ccc6c(=O)c(c3)c45)ccc2[n+]1C. The highest BCUT2D eigenvalue weighted by Gasteiger charge is 2.32. The van der Waals surface area contributed by atoms with Crippen molar-refractivity contribution in [3.05, 3.63) is 157 Å². The highest BCUT2D eigenvalue weighted by atomic mass is 16.1. The van der Waals surface area contributed by atoms with Gasteiger partial charge < -0.3 is 4.40 Å². The Kier molecular flexibility index (Phi) is 9.02. The zero-order valence-electron chi connectivity index (χ0n) is 37.2. The van der Waals surface area contributed by atoms with Gasteiger partial charge in [0.1, 0.15) is 5.69 Å². The zero-order valence-corrected chi connectivity index (χ0v) is 37.2. The Morgan fingerprint density at radius 3 is 1.58 bits per heavy atom. The van der Waals surface area contributed by atoms with Crippen LogP contribution in [0, 0.1) is 6.92 Å². The van der Waals surface area contributed by atoms with Crippen LogP contribution in [0.1, 0.15) is 109 Å². The van der Waals surface area contributed by atoms with Crippen molar-refractivity contribution in [3.63, 3.8) is 0 Å². The number of nitrogens with zero attached hydrogens (tertiary/aromatic N) is 3. The molecule has 0 spiro atoms. The Labute approximate surface area is 352 Å². The van der Waals surface area contributed by atoms with E-state index in [-0.39, 0.29) is 33.5 Å². The summed E-state index contributed by atoms with van der Waals surface area (Å²) in [6, 6.07) is 38.5. The van der Waals surface area contributed by atoms with Crippen LogP contribution in [0.15, 0.2) is 119 Å². The number of rotatable bonds is 5. The molecule has 0 radical (unpaired) electrons. The topological polar surface area (TPSA) is 47.4 Å². The maximum atomic E-state index is 14.9. The predicted molar refractivity (Wildman–Crippen MR) is 253 cm³/mol. The monoisotopic (exact) mass is 790 g/mol. The lowest BCUT2D eigenvalue weighted by Crippen LogP contribution is -2.30. The predicted octanol–water partition coefficient (Wildman–Crippen LogP) is 12.8. The molecule has 9 rings (SSSR count). The van der Waals surface area contributed by atoms with Crippen LogP contribution in [0.5, 0.6) is 0 Å². The molecule has 5 heteroatoms.